The number of aromatic amines is 1. The van der Waals surface area contributed by atoms with E-state index in [-0.39, 0.29) is 0 Å². The summed E-state index contributed by atoms with van der Waals surface area (Å²) in [4.78, 5) is 31.3. The van der Waals surface area contributed by atoms with Crippen LogP contribution in [0.1, 0.15) is 0 Å². The van der Waals surface area contributed by atoms with E-state index in [1.165, 1.54) is 0 Å². The summed E-state index contributed by atoms with van der Waals surface area (Å²) >= 11 is 0. The molecule has 7 nitrogen and oxygen atoms in total. The van der Waals surface area contributed by atoms with Crippen LogP contribution in [0.2, 0.25) is 0 Å². The van der Waals surface area contributed by atoms with Gasteiger partial charge in [-0.25, -0.2) is 4.79 Å². The van der Waals surface area contributed by atoms with Crippen LogP contribution in [0.3, 0.4) is 0 Å². The lowest BCUT2D eigenvalue weighted by Crippen LogP contribution is -2.30. The van der Waals surface area contributed by atoms with Crippen LogP contribution < -0.4 is 15.9 Å². The van der Waals surface area contributed by atoms with Crippen LogP contribution in [0.5, 0.6) is 0 Å². The van der Waals surface area contributed by atoms with Crippen molar-refractivity contribution in [1.82, 2.24) is 9.71 Å². The zero-order valence-corrected chi connectivity index (χ0v) is 6.52. The number of rotatable bonds is 2. The maximum atomic E-state index is 10.7. The lowest BCUT2D eigenvalue weighted by Gasteiger charge is -1.90. The van der Waals surface area contributed by atoms with E-state index in [0.29, 0.717) is 4.73 Å². The molecule has 0 aliphatic carbocycles. The van der Waals surface area contributed by atoms with E-state index in [0.717, 1.165) is 12.3 Å². The quantitative estimate of drug-likeness (QED) is 0.560. The second kappa shape index (κ2) is 3.29. The van der Waals surface area contributed by atoms with Crippen LogP contribution in [-0.4, -0.2) is 14.6 Å². The third kappa shape index (κ3) is 2.01. The van der Waals surface area contributed by atoms with E-state index >= 15 is 0 Å². The fourth-order valence-corrected chi connectivity index (χ4v) is 0.824. The molecule has 0 aliphatic rings. The monoisotopic (exact) mass is 191 g/mol. The summed E-state index contributed by atoms with van der Waals surface area (Å²) in [5.74, 6) is 0. The number of hydrogen-bond donors (Lipinski definition) is 2. The van der Waals surface area contributed by atoms with Crippen LogP contribution >= 0.6 is 8.25 Å². The Morgan fingerprint density at radius 3 is 2.75 bits per heavy atom. The molecule has 12 heavy (non-hydrogen) atoms. The average Bonchev–Trinajstić information content (AvgIpc) is 1.94. The first kappa shape index (κ1) is 8.63. The molecule has 1 atom stereocenters. The van der Waals surface area contributed by atoms with Gasteiger partial charge in [-0.3, -0.25) is 9.78 Å². The molecule has 0 spiro atoms. The maximum Gasteiger partial charge on any atom is 0.768 e. The molecule has 0 saturated heterocycles. The Hall–Kier alpha value is -1.46. The number of H-pyrrole nitrogens is 1. The van der Waals surface area contributed by atoms with Gasteiger partial charge in [0.15, 0.2) is 0 Å². The molecule has 1 heterocycles. The van der Waals surface area contributed by atoms with Gasteiger partial charge in [0.05, 0.1) is 6.20 Å². The third-order valence-electron chi connectivity index (χ3n) is 0.949. The normalized spacial score (nSPS) is 10.9. The van der Waals surface area contributed by atoms with E-state index in [1.54, 1.807) is 0 Å². The average molecular weight is 191 g/mol. The van der Waals surface area contributed by atoms with Crippen molar-refractivity contribution >= 4 is 8.25 Å². The number of aromatic nitrogens is 2. The predicted molar refractivity (Wildman–Crippen MR) is 37.7 cm³/mol. The van der Waals surface area contributed by atoms with Crippen molar-refractivity contribution in [3.05, 3.63) is 33.1 Å². The molecule has 0 fully saturated rings. The van der Waals surface area contributed by atoms with Crippen molar-refractivity contribution in [2.24, 2.45) is 0 Å². The van der Waals surface area contributed by atoms with Gasteiger partial charge in [0, 0.05) is 10.6 Å². The minimum absolute atomic E-state index is 0.458. The Kier molecular flexibility index (Phi) is 2.37. The highest BCUT2D eigenvalue weighted by atomic mass is 31.1. The van der Waals surface area contributed by atoms with Crippen molar-refractivity contribution in [3.8, 4) is 0 Å². The first-order valence-electron chi connectivity index (χ1n) is 2.76. The van der Waals surface area contributed by atoms with E-state index in [9.17, 15) is 14.2 Å². The summed E-state index contributed by atoms with van der Waals surface area (Å²) < 4.78 is 14.6. The van der Waals surface area contributed by atoms with Crippen molar-refractivity contribution < 1.29 is 14.1 Å². The largest absolute Gasteiger partial charge is 0.768 e. The molecule has 64 valence electrons. The Labute approximate surface area is 66.1 Å². The molecule has 0 aliphatic heterocycles. The molecule has 1 rings (SSSR count). The summed E-state index contributed by atoms with van der Waals surface area (Å²) in [7, 11) is -2.91. The fraction of sp³-hybridized carbons (Fsp3) is 0. The molecule has 0 aromatic carbocycles. The second-order valence-corrected chi connectivity index (χ2v) is 2.39. The molecule has 1 aromatic heterocycles. The molecule has 1 aromatic rings. The molecule has 2 N–H and O–H groups in total. The summed E-state index contributed by atoms with van der Waals surface area (Å²) in [5.41, 5.74) is -1.51. The third-order valence-corrected chi connectivity index (χ3v) is 1.27. The van der Waals surface area contributed by atoms with Gasteiger partial charge in [-0.1, -0.05) is 4.73 Å². The zero-order valence-electron chi connectivity index (χ0n) is 5.63. The molecule has 8 heteroatoms. The first-order chi connectivity index (χ1) is 5.59. The van der Waals surface area contributed by atoms with Crippen molar-refractivity contribution in [3.63, 3.8) is 0 Å². The number of nitrogens with one attached hydrogen (secondary N) is 1. The van der Waals surface area contributed by atoms with Crippen molar-refractivity contribution in [2.45, 2.75) is 0 Å². The van der Waals surface area contributed by atoms with E-state index in [1.807, 2.05) is 4.98 Å². The van der Waals surface area contributed by atoms with Crippen LogP contribution in [-0.2, 0) is 4.57 Å². The van der Waals surface area contributed by atoms with Crippen LogP contribution in [0, 0.1) is 0 Å². The zero-order chi connectivity index (χ0) is 9.14. The molecular weight excluding hydrogens is 187 g/mol. The van der Waals surface area contributed by atoms with Gasteiger partial charge in [-0.15, -0.1) is 9.52 Å². The highest BCUT2D eigenvalue weighted by Gasteiger charge is 2.15. The van der Waals surface area contributed by atoms with Crippen LogP contribution in [0.15, 0.2) is 21.9 Å². The van der Waals surface area contributed by atoms with E-state index < -0.39 is 19.5 Å². The Morgan fingerprint density at radius 2 is 2.25 bits per heavy atom. The topological polar surface area (TPSA) is 101 Å². The Morgan fingerprint density at radius 1 is 1.58 bits per heavy atom. The van der Waals surface area contributed by atoms with Gasteiger partial charge in [0.1, 0.15) is 0 Å². The SMILES string of the molecule is O=c1ccn(O[P+](=O)O)c(=O)[nH]1. The van der Waals surface area contributed by atoms with Gasteiger partial charge < -0.3 is 0 Å². The molecular formula is C4H4N2O5P+. The fourth-order valence-electron chi connectivity index (χ4n) is 0.545. The lowest BCUT2D eigenvalue weighted by atomic mass is 10.7. The van der Waals surface area contributed by atoms with Crippen molar-refractivity contribution in [1.29, 1.82) is 0 Å². The van der Waals surface area contributed by atoms with Gasteiger partial charge in [-0.2, -0.15) is 0 Å². The minimum atomic E-state index is -2.91. The number of hydrogen-bond acceptors (Lipinski definition) is 4. The molecule has 1 unspecified atom stereocenters. The van der Waals surface area contributed by atoms with Crippen LogP contribution in [0.25, 0.3) is 0 Å². The smallest absolute Gasteiger partial charge is 0.271 e. The van der Waals surface area contributed by atoms with Gasteiger partial charge >= 0.3 is 13.9 Å². The first-order valence-corrected chi connectivity index (χ1v) is 3.89. The standard InChI is InChI=1S/C4H3N2O5P/c7-3-1-2-6(4(8)5-3)11-12(9)10/h1-2H,(H-,5,7,8,9,10)/p+1. The molecule has 0 amide bonds. The van der Waals surface area contributed by atoms with E-state index in [4.69, 9.17) is 4.89 Å². The molecule has 0 bridgehead atoms. The highest BCUT2D eigenvalue weighted by molar-refractivity contribution is 7.32. The number of nitrogens with zero attached hydrogens (tertiary/aromatic N) is 1. The summed E-state index contributed by atoms with van der Waals surface area (Å²) in [6.07, 6.45) is 0.949. The Balaban J connectivity index is 3.10. The van der Waals surface area contributed by atoms with Gasteiger partial charge in [0.25, 0.3) is 5.56 Å². The Bertz CT molecular complexity index is 406. The van der Waals surface area contributed by atoms with E-state index in [2.05, 4.69) is 4.62 Å². The van der Waals surface area contributed by atoms with Crippen LogP contribution in [0.4, 0.5) is 0 Å². The maximum absolute atomic E-state index is 10.7. The molecule has 0 radical (unpaired) electrons. The minimum Gasteiger partial charge on any atom is -0.271 e. The van der Waals surface area contributed by atoms with Crippen molar-refractivity contribution in [2.75, 3.05) is 0 Å². The highest BCUT2D eigenvalue weighted by Crippen LogP contribution is 2.06. The summed E-state index contributed by atoms with van der Waals surface area (Å²) in [5, 5.41) is 0. The predicted octanol–water partition coefficient (Wildman–Crippen LogP) is -1.39. The summed E-state index contributed by atoms with van der Waals surface area (Å²) in [6.45, 7) is 0. The lowest BCUT2D eigenvalue weighted by molar-refractivity contribution is 0.234. The second-order valence-electron chi connectivity index (χ2n) is 1.76. The van der Waals surface area contributed by atoms with Gasteiger partial charge in [-0.05, 0) is 0 Å². The van der Waals surface area contributed by atoms with Gasteiger partial charge in [0.2, 0.25) is 0 Å². The molecule has 0 saturated carbocycles. The summed E-state index contributed by atoms with van der Waals surface area (Å²) in [6, 6.07) is 0.986.